The summed E-state index contributed by atoms with van der Waals surface area (Å²) in [4.78, 5) is 8.24. The van der Waals surface area contributed by atoms with Crippen molar-refractivity contribution in [1.29, 1.82) is 5.26 Å². The zero-order valence-corrected chi connectivity index (χ0v) is 13.9. The highest BCUT2D eigenvalue weighted by Crippen LogP contribution is 2.29. The van der Waals surface area contributed by atoms with Gasteiger partial charge in [0.05, 0.1) is 12.4 Å². The van der Waals surface area contributed by atoms with Crippen LogP contribution in [0.4, 0.5) is 0 Å². The fourth-order valence-corrected chi connectivity index (χ4v) is 2.95. The van der Waals surface area contributed by atoms with Crippen molar-refractivity contribution in [1.82, 2.24) is 24.7 Å². The van der Waals surface area contributed by atoms with Gasteiger partial charge in [0.25, 0.3) is 0 Å². The number of nitrogens with zero attached hydrogens (tertiary/aromatic N) is 6. The monoisotopic (exact) mass is 334 g/mol. The average molecular weight is 334 g/mol. The van der Waals surface area contributed by atoms with Crippen LogP contribution in [0.2, 0.25) is 0 Å². The molecule has 2 heterocycles. The molecule has 0 saturated carbocycles. The molecule has 0 unspecified atom stereocenters. The topological polar surface area (TPSA) is 80.3 Å². The van der Waals surface area contributed by atoms with Crippen molar-refractivity contribution in [3.05, 3.63) is 60.6 Å². The van der Waals surface area contributed by atoms with E-state index in [9.17, 15) is 0 Å². The molecule has 0 aliphatic carbocycles. The van der Waals surface area contributed by atoms with Crippen molar-refractivity contribution in [2.24, 2.45) is 0 Å². The Hall–Kier alpha value is -2.98. The summed E-state index contributed by atoms with van der Waals surface area (Å²) in [6, 6.07) is 9.99. The first-order valence-corrected chi connectivity index (χ1v) is 8.04. The Morgan fingerprint density at radius 2 is 2.08 bits per heavy atom. The minimum atomic E-state index is 0.285. The van der Waals surface area contributed by atoms with Crippen molar-refractivity contribution in [3.63, 3.8) is 0 Å². The second-order valence-corrected chi connectivity index (χ2v) is 5.96. The van der Waals surface area contributed by atoms with E-state index in [0.29, 0.717) is 16.7 Å². The predicted molar refractivity (Wildman–Crippen MR) is 91.3 cm³/mol. The maximum Gasteiger partial charge on any atom is 0.198 e. The van der Waals surface area contributed by atoms with Crippen molar-refractivity contribution in [3.8, 4) is 17.5 Å². The number of hydrogen-bond donors (Lipinski definition) is 0. The smallest absolute Gasteiger partial charge is 0.198 e. The van der Waals surface area contributed by atoms with Crippen molar-refractivity contribution < 1.29 is 0 Å². The van der Waals surface area contributed by atoms with Gasteiger partial charge >= 0.3 is 0 Å². The first-order chi connectivity index (χ1) is 11.7. The van der Waals surface area contributed by atoms with Crippen LogP contribution < -0.4 is 0 Å². The van der Waals surface area contributed by atoms with Crippen LogP contribution in [-0.4, -0.2) is 24.7 Å². The van der Waals surface area contributed by atoms with Crippen LogP contribution in [0.5, 0.6) is 0 Å². The maximum atomic E-state index is 8.79. The lowest BCUT2D eigenvalue weighted by Gasteiger charge is -2.09. The number of aryl methyl sites for hydroxylation is 1. The Balaban J connectivity index is 1.98. The molecule has 118 valence electrons. The van der Waals surface area contributed by atoms with Gasteiger partial charge in [-0.3, -0.25) is 4.57 Å². The molecule has 0 radical (unpaired) electrons. The molecule has 1 aromatic carbocycles. The molecule has 0 saturated heterocycles. The summed E-state index contributed by atoms with van der Waals surface area (Å²) < 4.78 is 1.99. The average Bonchev–Trinajstić information content (AvgIpc) is 2.99. The highest BCUT2D eigenvalue weighted by atomic mass is 32.2. The fourth-order valence-electron chi connectivity index (χ4n) is 2.20. The van der Waals surface area contributed by atoms with E-state index in [4.69, 9.17) is 5.26 Å². The third-order valence-electron chi connectivity index (χ3n) is 3.35. The molecule has 6 nitrogen and oxygen atoms in total. The van der Waals surface area contributed by atoms with Gasteiger partial charge in [0.15, 0.2) is 16.7 Å². The third kappa shape index (κ3) is 3.19. The van der Waals surface area contributed by atoms with Gasteiger partial charge in [-0.05, 0) is 24.2 Å². The molecular weight excluding hydrogens is 320 g/mol. The Morgan fingerprint density at radius 1 is 1.25 bits per heavy atom. The molecule has 0 amide bonds. The standard InChI is InChI=1S/C17H14N6S/c1-3-8-23-16(14-7-5-4-6-12(14)2)21-22-17(23)24-15-11-19-13(9-18)10-20-15/h3-7,10-11H,1,8H2,2H3. The second-order valence-electron chi connectivity index (χ2n) is 4.97. The molecule has 7 heteroatoms. The van der Waals surface area contributed by atoms with Crippen molar-refractivity contribution >= 4 is 11.8 Å². The molecule has 3 rings (SSSR count). The summed E-state index contributed by atoms with van der Waals surface area (Å²) in [5.41, 5.74) is 2.45. The van der Waals surface area contributed by atoms with Gasteiger partial charge in [0, 0.05) is 12.1 Å². The summed E-state index contributed by atoms with van der Waals surface area (Å²) in [5, 5.41) is 18.8. The molecule has 0 N–H and O–H groups in total. The van der Waals surface area contributed by atoms with Crippen LogP contribution >= 0.6 is 11.8 Å². The van der Waals surface area contributed by atoms with E-state index in [0.717, 1.165) is 17.0 Å². The van der Waals surface area contributed by atoms with Gasteiger partial charge in [-0.15, -0.1) is 16.8 Å². The number of rotatable bonds is 5. The highest BCUT2D eigenvalue weighted by Gasteiger charge is 2.16. The van der Waals surface area contributed by atoms with Crippen LogP contribution in [0.3, 0.4) is 0 Å². The Labute approximate surface area is 143 Å². The van der Waals surface area contributed by atoms with E-state index >= 15 is 0 Å². The normalized spacial score (nSPS) is 10.3. The third-order valence-corrected chi connectivity index (χ3v) is 4.26. The minimum absolute atomic E-state index is 0.285. The largest absolute Gasteiger partial charge is 0.298 e. The van der Waals surface area contributed by atoms with Crippen LogP contribution in [0.25, 0.3) is 11.4 Å². The summed E-state index contributed by atoms with van der Waals surface area (Å²) in [7, 11) is 0. The number of allylic oxidation sites excluding steroid dienone is 1. The summed E-state index contributed by atoms with van der Waals surface area (Å²) in [6.07, 6.45) is 4.81. The van der Waals surface area contributed by atoms with Gasteiger partial charge in [-0.25, -0.2) is 9.97 Å². The lowest BCUT2D eigenvalue weighted by Crippen LogP contribution is -2.01. The SMILES string of the molecule is C=CCn1c(Sc2cnc(C#N)cn2)nnc1-c1ccccc1C. The molecule has 24 heavy (non-hydrogen) atoms. The molecule has 2 aromatic heterocycles. The molecule has 0 spiro atoms. The van der Waals surface area contributed by atoms with Crippen LogP contribution in [0.1, 0.15) is 11.3 Å². The lowest BCUT2D eigenvalue weighted by atomic mass is 10.1. The van der Waals surface area contributed by atoms with E-state index in [-0.39, 0.29) is 5.69 Å². The molecular formula is C17H14N6S. The summed E-state index contributed by atoms with van der Waals surface area (Å²) >= 11 is 1.35. The van der Waals surface area contributed by atoms with Crippen LogP contribution in [0, 0.1) is 18.3 Å². The fraction of sp³-hybridized carbons (Fsp3) is 0.118. The number of aromatic nitrogens is 5. The Kier molecular flexibility index (Phi) is 4.68. The minimum Gasteiger partial charge on any atom is -0.298 e. The first-order valence-electron chi connectivity index (χ1n) is 7.23. The van der Waals surface area contributed by atoms with E-state index in [1.165, 1.54) is 18.0 Å². The highest BCUT2D eigenvalue weighted by molar-refractivity contribution is 7.99. The van der Waals surface area contributed by atoms with Gasteiger partial charge in [-0.1, -0.05) is 30.3 Å². The summed E-state index contributed by atoms with van der Waals surface area (Å²) in [6.45, 7) is 6.44. The first kappa shape index (κ1) is 15.9. The van der Waals surface area contributed by atoms with E-state index in [1.54, 1.807) is 12.3 Å². The van der Waals surface area contributed by atoms with Gasteiger partial charge in [-0.2, -0.15) is 5.26 Å². The predicted octanol–water partition coefficient (Wildman–Crippen LogP) is 3.25. The molecule has 0 aliphatic heterocycles. The van der Waals surface area contributed by atoms with Crippen molar-refractivity contribution in [2.45, 2.75) is 23.7 Å². The van der Waals surface area contributed by atoms with E-state index in [2.05, 4.69) is 26.7 Å². The molecule has 0 atom stereocenters. The van der Waals surface area contributed by atoms with Gasteiger partial charge < -0.3 is 0 Å². The number of hydrogen-bond acceptors (Lipinski definition) is 6. The van der Waals surface area contributed by atoms with Gasteiger partial charge in [0.2, 0.25) is 0 Å². The van der Waals surface area contributed by atoms with Crippen LogP contribution in [0.15, 0.2) is 59.5 Å². The van der Waals surface area contributed by atoms with Crippen molar-refractivity contribution in [2.75, 3.05) is 0 Å². The second kappa shape index (κ2) is 7.06. The molecule has 0 fully saturated rings. The van der Waals surface area contributed by atoms with Gasteiger partial charge in [0.1, 0.15) is 11.1 Å². The van der Waals surface area contributed by atoms with E-state index in [1.807, 2.05) is 41.8 Å². The lowest BCUT2D eigenvalue weighted by molar-refractivity contribution is 0.729. The Morgan fingerprint density at radius 3 is 2.75 bits per heavy atom. The zero-order chi connectivity index (χ0) is 16.9. The maximum absolute atomic E-state index is 8.79. The zero-order valence-electron chi connectivity index (χ0n) is 13.0. The molecule has 0 bridgehead atoms. The van der Waals surface area contributed by atoms with Crippen LogP contribution in [-0.2, 0) is 6.54 Å². The van der Waals surface area contributed by atoms with E-state index < -0.39 is 0 Å². The summed E-state index contributed by atoms with van der Waals surface area (Å²) in [5.74, 6) is 0.789. The number of benzene rings is 1. The quantitative estimate of drug-likeness (QED) is 0.666. The molecule has 0 aliphatic rings. The number of nitriles is 1. The Bertz CT molecular complexity index is 908. The molecule has 3 aromatic rings.